The first-order chi connectivity index (χ1) is 7.45. The lowest BCUT2D eigenvalue weighted by molar-refractivity contribution is 0.607. The minimum absolute atomic E-state index is 0.777. The third kappa shape index (κ3) is 4.34. The van der Waals surface area contributed by atoms with Crippen molar-refractivity contribution >= 4 is 28.3 Å². The minimum Gasteiger partial charge on any atom is -0.279 e. The molecule has 0 saturated heterocycles. The highest BCUT2D eigenvalue weighted by Gasteiger charge is 1.92. The monoisotopic (exact) mass is 234 g/mol. The van der Waals surface area contributed by atoms with Crippen LogP contribution in [0.3, 0.4) is 0 Å². The molecule has 2 aromatic carbocycles. The van der Waals surface area contributed by atoms with Crippen molar-refractivity contribution in [3.8, 4) is 0 Å². The molecule has 3 heteroatoms. The van der Waals surface area contributed by atoms with Gasteiger partial charge < -0.3 is 0 Å². The van der Waals surface area contributed by atoms with Crippen LogP contribution < -0.4 is 10.6 Å². The fourth-order valence-corrected chi connectivity index (χ4v) is 2.26. The second-order valence-corrected chi connectivity index (χ2v) is 4.26. The number of hydrogen-bond acceptors (Lipinski definition) is 1. The molecule has 0 aliphatic carbocycles. The van der Waals surface area contributed by atoms with Gasteiger partial charge in [-0.25, -0.2) is 0 Å². The summed E-state index contributed by atoms with van der Waals surface area (Å²) in [6.45, 7) is 0. The molecule has 0 spiro atoms. The van der Waals surface area contributed by atoms with Gasteiger partial charge in [0.25, 0.3) is 0 Å². The Hall–Kier alpha value is -1.03. The summed E-state index contributed by atoms with van der Waals surface area (Å²) in [7, 11) is 2.50. The highest BCUT2D eigenvalue weighted by Crippen LogP contribution is 2.08. The number of hydrogen-bond donors (Lipinski definition) is 0. The summed E-state index contributed by atoms with van der Waals surface area (Å²) in [6, 6.07) is 21.2. The van der Waals surface area contributed by atoms with Gasteiger partial charge in [-0.1, -0.05) is 69.2 Å². The van der Waals surface area contributed by atoms with E-state index < -0.39 is 0 Å². The summed E-state index contributed by atoms with van der Waals surface area (Å²) < 4.78 is 8.06. The normalized spacial score (nSPS) is 8.80. The Kier molecular flexibility index (Phi) is 5.85. The van der Waals surface area contributed by atoms with E-state index in [0.717, 1.165) is 8.58 Å². The van der Waals surface area contributed by atoms with Crippen molar-refractivity contribution in [2.75, 3.05) is 0 Å². The second-order valence-electron chi connectivity index (χ2n) is 2.86. The van der Waals surface area contributed by atoms with Crippen molar-refractivity contribution in [1.82, 2.24) is 0 Å². The summed E-state index contributed by atoms with van der Waals surface area (Å²) >= 11 is 0. The van der Waals surface area contributed by atoms with Gasteiger partial charge >= 0.3 is 0 Å². The van der Waals surface area contributed by atoms with Crippen LogP contribution >= 0.6 is 17.7 Å². The zero-order valence-corrected chi connectivity index (χ0v) is 10.2. The Morgan fingerprint density at radius 2 is 1.00 bits per heavy atom. The smallest absolute Gasteiger partial charge is 0.138 e. The Bertz CT molecular complexity index is 338. The maximum atomic E-state index is 8.06. The van der Waals surface area contributed by atoms with E-state index in [1.54, 1.807) is 9.12 Å². The molecule has 2 rings (SSSR count). The van der Waals surface area contributed by atoms with Crippen LogP contribution in [0.4, 0.5) is 0 Å². The van der Waals surface area contributed by atoms with Crippen molar-refractivity contribution < 1.29 is 4.57 Å². The molecule has 0 unspecified atom stereocenters. The van der Waals surface area contributed by atoms with E-state index in [1.807, 2.05) is 0 Å². The molecule has 0 aromatic heterocycles. The predicted octanol–water partition coefficient (Wildman–Crippen LogP) is 2.79. The SMILES string of the molecule is O=P.c1ccc(Pc2ccccc2)cc1. The lowest BCUT2D eigenvalue weighted by Gasteiger charge is -2.00. The third-order valence-electron chi connectivity index (χ3n) is 1.84. The van der Waals surface area contributed by atoms with E-state index in [0.29, 0.717) is 0 Å². The van der Waals surface area contributed by atoms with Gasteiger partial charge in [0.1, 0.15) is 9.12 Å². The van der Waals surface area contributed by atoms with Crippen LogP contribution in [-0.2, 0) is 4.57 Å². The quantitative estimate of drug-likeness (QED) is 0.730. The van der Waals surface area contributed by atoms with E-state index in [1.165, 1.54) is 10.6 Å². The molecule has 0 bridgehead atoms. The molecule has 0 radical (unpaired) electrons. The first-order valence-electron chi connectivity index (χ1n) is 4.53. The summed E-state index contributed by atoms with van der Waals surface area (Å²) in [4.78, 5) is 0. The fourth-order valence-electron chi connectivity index (χ4n) is 1.21. The second kappa shape index (κ2) is 7.29. The zero-order chi connectivity index (χ0) is 10.9. The van der Waals surface area contributed by atoms with E-state index in [4.69, 9.17) is 4.57 Å². The summed E-state index contributed by atoms with van der Waals surface area (Å²) in [5.41, 5.74) is 0. The first kappa shape index (κ1) is 12.0. The molecule has 0 saturated carbocycles. The van der Waals surface area contributed by atoms with Crippen molar-refractivity contribution in [2.45, 2.75) is 0 Å². The molecule has 15 heavy (non-hydrogen) atoms. The van der Waals surface area contributed by atoms with Crippen molar-refractivity contribution in [2.24, 2.45) is 0 Å². The summed E-state index contributed by atoms with van der Waals surface area (Å²) in [5.74, 6) is 0. The fraction of sp³-hybridized carbons (Fsp3) is 0. The van der Waals surface area contributed by atoms with Crippen LogP contribution in [0.25, 0.3) is 0 Å². The van der Waals surface area contributed by atoms with Gasteiger partial charge in [0.2, 0.25) is 0 Å². The number of rotatable bonds is 2. The first-order valence-corrected chi connectivity index (χ1v) is 5.93. The lowest BCUT2D eigenvalue weighted by atomic mass is 10.4. The van der Waals surface area contributed by atoms with Crippen LogP contribution in [-0.4, -0.2) is 0 Å². The van der Waals surface area contributed by atoms with E-state index in [9.17, 15) is 0 Å². The molecule has 76 valence electrons. The Morgan fingerprint density at radius 1 is 0.667 bits per heavy atom. The van der Waals surface area contributed by atoms with Crippen LogP contribution in [0.15, 0.2) is 60.7 Å². The van der Waals surface area contributed by atoms with Crippen molar-refractivity contribution in [3.05, 3.63) is 60.7 Å². The molecule has 0 heterocycles. The third-order valence-corrected chi connectivity index (χ3v) is 3.08. The molecular formula is C12H12OP2. The largest absolute Gasteiger partial charge is 0.279 e. The lowest BCUT2D eigenvalue weighted by Crippen LogP contribution is -2.01. The van der Waals surface area contributed by atoms with Gasteiger partial charge in [-0.2, -0.15) is 0 Å². The molecular weight excluding hydrogens is 222 g/mol. The Labute approximate surface area is 93.9 Å². The predicted molar refractivity (Wildman–Crippen MR) is 69.5 cm³/mol. The number of benzene rings is 2. The Morgan fingerprint density at radius 3 is 1.33 bits per heavy atom. The summed E-state index contributed by atoms with van der Waals surface area (Å²) in [6.07, 6.45) is 0. The van der Waals surface area contributed by atoms with E-state index >= 15 is 0 Å². The highest BCUT2D eigenvalue weighted by molar-refractivity contribution is 7.55. The van der Waals surface area contributed by atoms with Gasteiger partial charge in [-0.3, -0.25) is 4.57 Å². The van der Waals surface area contributed by atoms with Crippen molar-refractivity contribution in [3.63, 3.8) is 0 Å². The molecule has 1 nitrogen and oxygen atoms in total. The Balaban J connectivity index is 0.000000531. The zero-order valence-electron chi connectivity index (χ0n) is 8.18. The molecule has 0 amide bonds. The van der Waals surface area contributed by atoms with Crippen LogP contribution in [0.1, 0.15) is 0 Å². The van der Waals surface area contributed by atoms with Gasteiger partial charge in [0, 0.05) is 0 Å². The van der Waals surface area contributed by atoms with Gasteiger partial charge in [0.05, 0.1) is 0 Å². The maximum absolute atomic E-state index is 8.06. The average molecular weight is 234 g/mol. The van der Waals surface area contributed by atoms with E-state index in [-0.39, 0.29) is 0 Å². The molecule has 0 aliphatic heterocycles. The van der Waals surface area contributed by atoms with Crippen LogP contribution in [0.5, 0.6) is 0 Å². The molecule has 0 N–H and O–H groups in total. The summed E-state index contributed by atoms with van der Waals surface area (Å²) in [5, 5.41) is 2.79. The highest BCUT2D eigenvalue weighted by atomic mass is 31.1. The minimum atomic E-state index is 0.777. The average Bonchev–Trinajstić information content (AvgIpc) is 2.34. The molecule has 0 atom stereocenters. The van der Waals surface area contributed by atoms with Crippen LogP contribution in [0.2, 0.25) is 0 Å². The standard InChI is InChI=1S/C12H11P.HOP/c1-3-7-11(8-4-1)13-12-9-5-2-6-10-12;1-2/h1-10,13H;2H. The molecule has 0 aliphatic rings. The van der Waals surface area contributed by atoms with Gasteiger partial charge in [0.15, 0.2) is 0 Å². The van der Waals surface area contributed by atoms with Gasteiger partial charge in [-0.15, -0.1) is 0 Å². The maximum Gasteiger partial charge on any atom is 0.138 e. The topological polar surface area (TPSA) is 17.1 Å². The van der Waals surface area contributed by atoms with E-state index in [2.05, 4.69) is 60.7 Å². The van der Waals surface area contributed by atoms with Crippen molar-refractivity contribution in [1.29, 1.82) is 0 Å². The van der Waals surface area contributed by atoms with Crippen LogP contribution in [0, 0.1) is 0 Å². The van der Waals surface area contributed by atoms with Gasteiger partial charge in [-0.05, 0) is 10.6 Å². The molecule has 0 fully saturated rings. The molecule has 2 aromatic rings.